The molecule has 2 nitrogen and oxygen atoms in total. The van der Waals surface area contributed by atoms with E-state index < -0.39 is 6.36 Å². The van der Waals surface area contributed by atoms with Crippen LogP contribution < -0.4 is 4.74 Å². The molecular formula is C19H12F3NO. The van der Waals surface area contributed by atoms with Crippen molar-refractivity contribution in [3.05, 3.63) is 66.7 Å². The van der Waals surface area contributed by atoms with E-state index in [1.807, 2.05) is 36.4 Å². The molecule has 0 spiro atoms. The van der Waals surface area contributed by atoms with E-state index in [0.717, 1.165) is 27.4 Å². The lowest BCUT2D eigenvalue weighted by Crippen LogP contribution is -2.17. The third kappa shape index (κ3) is 2.80. The van der Waals surface area contributed by atoms with Gasteiger partial charge in [-0.3, -0.25) is 0 Å². The Morgan fingerprint density at radius 3 is 2.25 bits per heavy atom. The monoisotopic (exact) mass is 327 g/mol. The largest absolute Gasteiger partial charge is 0.573 e. The first kappa shape index (κ1) is 14.6. The number of aromatic amines is 1. The number of hydrogen-bond acceptors (Lipinski definition) is 1. The predicted molar refractivity (Wildman–Crippen MR) is 87.9 cm³/mol. The molecule has 0 aliphatic carbocycles. The molecule has 0 atom stereocenters. The Labute approximate surface area is 135 Å². The molecule has 0 saturated heterocycles. The maximum Gasteiger partial charge on any atom is 0.573 e. The van der Waals surface area contributed by atoms with Crippen molar-refractivity contribution < 1.29 is 17.9 Å². The van der Waals surface area contributed by atoms with Crippen LogP contribution in [-0.2, 0) is 0 Å². The van der Waals surface area contributed by atoms with Crippen LogP contribution in [0.3, 0.4) is 0 Å². The molecule has 5 heteroatoms. The van der Waals surface area contributed by atoms with Gasteiger partial charge >= 0.3 is 6.36 Å². The Hall–Kier alpha value is -2.95. The molecule has 1 N–H and O–H groups in total. The van der Waals surface area contributed by atoms with Gasteiger partial charge in [-0.2, -0.15) is 0 Å². The molecule has 0 aliphatic rings. The molecule has 4 rings (SSSR count). The number of aromatic nitrogens is 1. The first-order chi connectivity index (χ1) is 11.5. The highest BCUT2D eigenvalue weighted by atomic mass is 19.4. The molecule has 1 heterocycles. The molecule has 3 aromatic carbocycles. The summed E-state index contributed by atoms with van der Waals surface area (Å²) in [7, 11) is 0. The van der Waals surface area contributed by atoms with Crippen molar-refractivity contribution in [2.45, 2.75) is 6.36 Å². The highest BCUT2D eigenvalue weighted by Gasteiger charge is 2.31. The molecule has 120 valence electrons. The summed E-state index contributed by atoms with van der Waals surface area (Å²) in [5.41, 5.74) is 2.32. The van der Waals surface area contributed by atoms with Crippen LogP contribution in [0.4, 0.5) is 13.2 Å². The Morgan fingerprint density at radius 2 is 1.50 bits per heavy atom. The molecule has 0 saturated carbocycles. The van der Waals surface area contributed by atoms with Crippen LogP contribution in [0.15, 0.2) is 66.7 Å². The molecule has 0 aliphatic heterocycles. The predicted octanol–water partition coefficient (Wildman–Crippen LogP) is 5.89. The van der Waals surface area contributed by atoms with E-state index in [2.05, 4.69) is 15.8 Å². The fraction of sp³-hybridized carbons (Fsp3) is 0.0526. The standard InChI is InChI=1S/C19H12F3NO/c20-19(21,22)24-16-7-3-6-14(9-16)17-11-15-8-12-4-1-2-5-13(12)10-18(15)23-17/h1-11,23H. The van der Waals surface area contributed by atoms with Crippen molar-refractivity contribution in [3.63, 3.8) is 0 Å². The third-order valence-electron chi connectivity index (χ3n) is 3.87. The van der Waals surface area contributed by atoms with Gasteiger partial charge < -0.3 is 9.72 Å². The van der Waals surface area contributed by atoms with Crippen molar-refractivity contribution in [1.29, 1.82) is 0 Å². The van der Waals surface area contributed by atoms with Crippen LogP contribution in [0.25, 0.3) is 32.9 Å². The number of hydrogen-bond donors (Lipinski definition) is 1. The zero-order valence-electron chi connectivity index (χ0n) is 12.4. The summed E-state index contributed by atoms with van der Waals surface area (Å²) in [5, 5.41) is 3.23. The number of rotatable bonds is 2. The Kier molecular flexibility index (Phi) is 3.23. The number of alkyl halides is 3. The zero-order valence-corrected chi connectivity index (χ0v) is 12.4. The molecule has 1 aromatic heterocycles. The van der Waals surface area contributed by atoms with Gasteiger partial charge in [0.25, 0.3) is 0 Å². The first-order valence-corrected chi connectivity index (χ1v) is 7.36. The van der Waals surface area contributed by atoms with E-state index in [9.17, 15) is 13.2 Å². The Bertz CT molecular complexity index is 981. The van der Waals surface area contributed by atoms with Crippen LogP contribution >= 0.6 is 0 Å². The van der Waals surface area contributed by atoms with Gasteiger partial charge in [0, 0.05) is 22.2 Å². The third-order valence-corrected chi connectivity index (χ3v) is 3.87. The van der Waals surface area contributed by atoms with Gasteiger partial charge in [-0.1, -0.05) is 36.4 Å². The summed E-state index contributed by atoms with van der Waals surface area (Å²) in [6.45, 7) is 0. The van der Waals surface area contributed by atoms with Crippen LogP contribution in [-0.4, -0.2) is 11.3 Å². The Balaban J connectivity index is 1.79. The SMILES string of the molecule is FC(F)(F)Oc1cccc(-c2cc3cc4ccccc4cc3[nH]2)c1. The number of nitrogens with one attached hydrogen (secondary N) is 1. The van der Waals surface area contributed by atoms with Gasteiger partial charge in [0.15, 0.2) is 0 Å². The van der Waals surface area contributed by atoms with Crippen molar-refractivity contribution >= 4 is 21.7 Å². The van der Waals surface area contributed by atoms with Crippen molar-refractivity contribution in [3.8, 4) is 17.0 Å². The minimum Gasteiger partial charge on any atom is -0.406 e. The minimum atomic E-state index is -4.70. The lowest BCUT2D eigenvalue weighted by Gasteiger charge is -2.09. The zero-order chi connectivity index (χ0) is 16.7. The number of ether oxygens (including phenoxy) is 1. The van der Waals surface area contributed by atoms with Crippen LogP contribution in [0.5, 0.6) is 5.75 Å². The quantitative estimate of drug-likeness (QED) is 0.488. The number of H-pyrrole nitrogens is 1. The number of fused-ring (bicyclic) bond motifs is 2. The molecular weight excluding hydrogens is 315 g/mol. The van der Waals surface area contributed by atoms with Gasteiger partial charge in [-0.05, 0) is 41.1 Å². The molecule has 0 radical (unpaired) electrons. The molecule has 24 heavy (non-hydrogen) atoms. The van der Waals surface area contributed by atoms with Gasteiger partial charge in [0.05, 0.1) is 0 Å². The molecule has 0 fully saturated rings. The molecule has 0 unspecified atom stereocenters. The lowest BCUT2D eigenvalue weighted by atomic mass is 10.1. The maximum absolute atomic E-state index is 12.4. The highest BCUT2D eigenvalue weighted by molar-refractivity contribution is 5.98. The van der Waals surface area contributed by atoms with E-state index in [-0.39, 0.29) is 5.75 Å². The molecule has 0 bridgehead atoms. The Morgan fingerprint density at radius 1 is 0.750 bits per heavy atom. The van der Waals surface area contributed by atoms with E-state index >= 15 is 0 Å². The highest BCUT2D eigenvalue weighted by Crippen LogP contribution is 2.31. The smallest absolute Gasteiger partial charge is 0.406 e. The number of halogens is 3. The van der Waals surface area contributed by atoms with Crippen LogP contribution in [0.1, 0.15) is 0 Å². The maximum atomic E-state index is 12.4. The van der Waals surface area contributed by atoms with Gasteiger partial charge in [0.2, 0.25) is 0 Å². The second kappa shape index (κ2) is 5.30. The average Bonchev–Trinajstić information content (AvgIpc) is 2.94. The van der Waals surface area contributed by atoms with Gasteiger partial charge in [-0.25, -0.2) is 0 Å². The second-order valence-electron chi connectivity index (χ2n) is 5.55. The number of benzene rings is 3. The summed E-state index contributed by atoms with van der Waals surface area (Å²) >= 11 is 0. The first-order valence-electron chi connectivity index (χ1n) is 7.36. The normalized spacial score (nSPS) is 12.0. The lowest BCUT2D eigenvalue weighted by molar-refractivity contribution is -0.274. The van der Waals surface area contributed by atoms with Crippen molar-refractivity contribution in [2.75, 3.05) is 0 Å². The van der Waals surface area contributed by atoms with E-state index in [4.69, 9.17) is 0 Å². The summed E-state index contributed by atoms with van der Waals surface area (Å²) in [6, 6.07) is 19.9. The molecule has 0 amide bonds. The summed E-state index contributed by atoms with van der Waals surface area (Å²) < 4.78 is 41.1. The topological polar surface area (TPSA) is 25.0 Å². The van der Waals surface area contributed by atoms with Crippen LogP contribution in [0.2, 0.25) is 0 Å². The van der Waals surface area contributed by atoms with Crippen LogP contribution in [0, 0.1) is 0 Å². The van der Waals surface area contributed by atoms with E-state index in [0.29, 0.717) is 5.56 Å². The van der Waals surface area contributed by atoms with Gasteiger partial charge in [0.1, 0.15) is 5.75 Å². The minimum absolute atomic E-state index is 0.233. The second-order valence-corrected chi connectivity index (χ2v) is 5.55. The summed E-state index contributed by atoms with van der Waals surface area (Å²) in [6.07, 6.45) is -4.70. The van der Waals surface area contributed by atoms with Crippen molar-refractivity contribution in [1.82, 2.24) is 4.98 Å². The average molecular weight is 327 g/mol. The summed E-state index contributed by atoms with van der Waals surface area (Å²) in [5.74, 6) is -0.233. The summed E-state index contributed by atoms with van der Waals surface area (Å²) in [4.78, 5) is 3.26. The fourth-order valence-electron chi connectivity index (χ4n) is 2.84. The van der Waals surface area contributed by atoms with Gasteiger partial charge in [-0.15, -0.1) is 13.2 Å². The van der Waals surface area contributed by atoms with Crippen molar-refractivity contribution in [2.24, 2.45) is 0 Å². The fourth-order valence-corrected chi connectivity index (χ4v) is 2.84. The van der Waals surface area contributed by atoms with E-state index in [1.54, 1.807) is 12.1 Å². The molecule has 4 aromatic rings. The van der Waals surface area contributed by atoms with E-state index in [1.165, 1.54) is 12.1 Å².